The molecule has 0 fully saturated rings. The molecule has 0 saturated heterocycles. The van der Waals surface area contributed by atoms with E-state index < -0.39 is 15.9 Å². The van der Waals surface area contributed by atoms with Crippen molar-refractivity contribution in [2.75, 3.05) is 26.8 Å². The van der Waals surface area contributed by atoms with Gasteiger partial charge in [-0.05, 0) is 19.1 Å². The summed E-state index contributed by atoms with van der Waals surface area (Å²) in [5.74, 6) is -0.399. The van der Waals surface area contributed by atoms with E-state index in [1.165, 1.54) is 23.1 Å². The molecule has 0 heterocycles. The van der Waals surface area contributed by atoms with Gasteiger partial charge in [0.1, 0.15) is 0 Å². The van der Waals surface area contributed by atoms with Crippen molar-refractivity contribution in [3.63, 3.8) is 0 Å². The molecule has 0 aliphatic carbocycles. The van der Waals surface area contributed by atoms with Crippen molar-refractivity contribution in [1.82, 2.24) is 4.90 Å². The fraction of sp³-hybridized carbons (Fsp3) is 0.417. The predicted molar refractivity (Wildman–Crippen MR) is 71.3 cm³/mol. The van der Waals surface area contributed by atoms with E-state index in [4.69, 9.17) is 9.88 Å². The van der Waals surface area contributed by atoms with Gasteiger partial charge in [0, 0.05) is 20.2 Å². The minimum absolute atomic E-state index is 0.0731. The first-order chi connectivity index (χ1) is 8.88. The van der Waals surface area contributed by atoms with Crippen LogP contribution in [-0.2, 0) is 14.8 Å². The van der Waals surface area contributed by atoms with Crippen LogP contribution in [0.3, 0.4) is 0 Å². The van der Waals surface area contributed by atoms with Gasteiger partial charge in [-0.1, -0.05) is 12.1 Å². The van der Waals surface area contributed by atoms with Crippen molar-refractivity contribution < 1.29 is 17.9 Å². The zero-order valence-corrected chi connectivity index (χ0v) is 11.8. The summed E-state index contributed by atoms with van der Waals surface area (Å²) in [7, 11) is -2.33. The van der Waals surface area contributed by atoms with Crippen LogP contribution in [0.15, 0.2) is 29.2 Å². The summed E-state index contributed by atoms with van der Waals surface area (Å²) in [5, 5.41) is 5.09. The first kappa shape index (κ1) is 15.6. The van der Waals surface area contributed by atoms with Crippen molar-refractivity contribution in [1.29, 1.82) is 0 Å². The molecule has 0 aromatic heterocycles. The van der Waals surface area contributed by atoms with Crippen molar-refractivity contribution >= 4 is 15.9 Å². The second-order valence-electron chi connectivity index (χ2n) is 3.96. The van der Waals surface area contributed by atoms with Crippen molar-refractivity contribution in [3.8, 4) is 0 Å². The molecule has 7 heteroatoms. The summed E-state index contributed by atoms with van der Waals surface area (Å²) in [6, 6.07) is 5.88. The van der Waals surface area contributed by atoms with E-state index in [-0.39, 0.29) is 10.5 Å². The van der Waals surface area contributed by atoms with Crippen LogP contribution in [0, 0.1) is 0 Å². The lowest BCUT2D eigenvalue weighted by Crippen LogP contribution is -2.31. The lowest BCUT2D eigenvalue weighted by atomic mass is 10.2. The number of carbonyl (C=O) groups is 1. The quantitative estimate of drug-likeness (QED) is 0.768. The van der Waals surface area contributed by atoms with Crippen LogP contribution in [-0.4, -0.2) is 46.0 Å². The highest BCUT2D eigenvalue weighted by atomic mass is 32.2. The third-order valence-corrected chi connectivity index (χ3v) is 3.51. The van der Waals surface area contributed by atoms with Gasteiger partial charge in [0.2, 0.25) is 10.0 Å². The van der Waals surface area contributed by atoms with Gasteiger partial charge >= 0.3 is 0 Å². The molecular weight excluding hydrogens is 268 g/mol. The lowest BCUT2D eigenvalue weighted by molar-refractivity contribution is 0.0706. The molecule has 106 valence electrons. The Kier molecular flexibility index (Phi) is 5.46. The summed E-state index contributed by atoms with van der Waals surface area (Å²) >= 11 is 0. The minimum Gasteiger partial charge on any atom is -0.380 e. The highest BCUT2D eigenvalue weighted by Crippen LogP contribution is 2.15. The summed E-state index contributed by atoms with van der Waals surface area (Å²) in [5.41, 5.74) is 0.0731. The van der Waals surface area contributed by atoms with E-state index in [1.807, 2.05) is 6.92 Å². The van der Waals surface area contributed by atoms with E-state index >= 15 is 0 Å². The van der Waals surface area contributed by atoms with Crippen LogP contribution in [0.5, 0.6) is 0 Å². The van der Waals surface area contributed by atoms with Crippen LogP contribution in [0.4, 0.5) is 0 Å². The molecule has 1 rings (SSSR count). The van der Waals surface area contributed by atoms with E-state index in [1.54, 1.807) is 13.1 Å². The third kappa shape index (κ3) is 4.30. The molecular formula is C12H18N2O4S. The molecule has 0 aliphatic heterocycles. The largest absolute Gasteiger partial charge is 0.380 e. The summed E-state index contributed by atoms with van der Waals surface area (Å²) in [6.07, 6.45) is 0. The molecule has 0 aliphatic rings. The fourth-order valence-corrected chi connectivity index (χ4v) is 2.27. The number of ether oxygens (including phenoxy) is 1. The number of nitrogens with zero attached hydrogens (tertiary/aromatic N) is 1. The van der Waals surface area contributed by atoms with Crippen LogP contribution in [0.2, 0.25) is 0 Å². The maximum atomic E-state index is 12.2. The second kappa shape index (κ2) is 6.65. The number of hydrogen-bond acceptors (Lipinski definition) is 4. The Hall–Kier alpha value is -1.44. The molecule has 0 saturated carbocycles. The lowest BCUT2D eigenvalue weighted by Gasteiger charge is -2.18. The maximum Gasteiger partial charge on any atom is 0.255 e. The van der Waals surface area contributed by atoms with E-state index in [9.17, 15) is 13.2 Å². The van der Waals surface area contributed by atoms with Crippen molar-refractivity contribution in [3.05, 3.63) is 29.8 Å². The van der Waals surface area contributed by atoms with Crippen LogP contribution in [0.1, 0.15) is 17.3 Å². The Morgan fingerprint density at radius 2 is 2.00 bits per heavy atom. The molecule has 0 radical (unpaired) electrons. The van der Waals surface area contributed by atoms with Gasteiger partial charge in [0.05, 0.1) is 17.1 Å². The molecule has 6 nitrogen and oxygen atoms in total. The number of amides is 1. The zero-order chi connectivity index (χ0) is 14.5. The molecule has 0 spiro atoms. The number of rotatable bonds is 6. The molecule has 1 amide bonds. The Morgan fingerprint density at radius 3 is 2.58 bits per heavy atom. The van der Waals surface area contributed by atoms with Crippen LogP contribution >= 0.6 is 0 Å². The van der Waals surface area contributed by atoms with Gasteiger partial charge in [-0.3, -0.25) is 4.79 Å². The number of sulfonamides is 1. The Balaban J connectivity index is 2.94. The van der Waals surface area contributed by atoms with E-state index in [2.05, 4.69) is 0 Å². The molecule has 2 N–H and O–H groups in total. The third-order valence-electron chi connectivity index (χ3n) is 2.55. The van der Waals surface area contributed by atoms with Gasteiger partial charge in [-0.15, -0.1) is 0 Å². The highest BCUT2D eigenvalue weighted by Gasteiger charge is 2.20. The molecule has 19 heavy (non-hydrogen) atoms. The van der Waals surface area contributed by atoms with Crippen molar-refractivity contribution in [2.45, 2.75) is 11.8 Å². The Morgan fingerprint density at radius 1 is 1.37 bits per heavy atom. The van der Waals surface area contributed by atoms with Gasteiger partial charge in [0.25, 0.3) is 5.91 Å². The number of carbonyl (C=O) groups excluding carboxylic acids is 1. The topological polar surface area (TPSA) is 89.7 Å². The summed E-state index contributed by atoms with van der Waals surface area (Å²) in [4.78, 5) is 13.4. The fourth-order valence-electron chi connectivity index (χ4n) is 1.54. The number of hydrogen-bond donors (Lipinski definition) is 1. The summed E-state index contributed by atoms with van der Waals surface area (Å²) < 4.78 is 28.0. The van der Waals surface area contributed by atoms with E-state index in [0.717, 1.165) is 0 Å². The minimum atomic E-state index is -3.92. The summed E-state index contributed by atoms with van der Waals surface area (Å²) in [6.45, 7) is 3.20. The number of primary sulfonamides is 1. The molecule has 0 unspecified atom stereocenters. The standard InChI is InChI=1S/C12H18N2O4S/c1-3-18-9-8-14(2)12(15)10-6-4-5-7-11(10)19(13,16)17/h4-7H,3,8-9H2,1-2H3,(H2,13,16,17). The molecule has 1 aromatic rings. The smallest absolute Gasteiger partial charge is 0.255 e. The van der Waals surface area contributed by atoms with Crippen LogP contribution < -0.4 is 5.14 Å². The molecule has 0 bridgehead atoms. The average molecular weight is 286 g/mol. The van der Waals surface area contributed by atoms with Gasteiger partial charge in [-0.2, -0.15) is 0 Å². The molecule has 1 aromatic carbocycles. The number of benzene rings is 1. The van der Waals surface area contributed by atoms with Gasteiger partial charge < -0.3 is 9.64 Å². The van der Waals surface area contributed by atoms with Crippen molar-refractivity contribution in [2.24, 2.45) is 5.14 Å². The Bertz CT molecular complexity index is 542. The van der Waals surface area contributed by atoms with Gasteiger partial charge in [-0.25, -0.2) is 13.6 Å². The first-order valence-corrected chi connectivity index (χ1v) is 7.37. The monoisotopic (exact) mass is 286 g/mol. The SMILES string of the molecule is CCOCCN(C)C(=O)c1ccccc1S(N)(=O)=O. The molecule has 0 atom stereocenters. The number of nitrogens with two attached hydrogens (primary N) is 1. The normalized spacial score (nSPS) is 11.3. The Labute approximate surface area is 113 Å². The second-order valence-corrected chi connectivity index (χ2v) is 5.49. The average Bonchev–Trinajstić information content (AvgIpc) is 2.37. The van der Waals surface area contributed by atoms with Gasteiger partial charge in [0.15, 0.2) is 0 Å². The predicted octanol–water partition coefficient (Wildman–Crippen LogP) is 0.443. The number of likely N-dealkylation sites (N-methyl/N-ethyl adjacent to an activating group) is 1. The van der Waals surface area contributed by atoms with Crippen LogP contribution in [0.25, 0.3) is 0 Å². The first-order valence-electron chi connectivity index (χ1n) is 5.83. The highest BCUT2D eigenvalue weighted by molar-refractivity contribution is 7.89. The van der Waals surface area contributed by atoms with E-state index in [0.29, 0.717) is 19.8 Å². The zero-order valence-electron chi connectivity index (χ0n) is 11.0. The maximum absolute atomic E-state index is 12.2.